The Morgan fingerprint density at radius 3 is 2.54 bits per heavy atom. The normalized spacial score (nSPS) is 12.0. The summed E-state index contributed by atoms with van der Waals surface area (Å²) in [6.45, 7) is 5.48. The van der Waals surface area contributed by atoms with Gasteiger partial charge in [-0.1, -0.05) is 42.5 Å². The van der Waals surface area contributed by atoms with Gasteiger partial charge in [0, 0.05) is 13.6 Å². The largest absolute Gasteiger partial charge is 0.494 e. The van der Waals surface area contributed by atoms with Crippen LogP contribution in [0.3, 0.4) is 0 Å². The maximum atomic E-state index is 5.53. The fourth-order valence-corrected chi connectivity index (χ4v) is 2.32. The lowest BCUT2D eigenvalue weighted by Crippen LogP contribution is -2.38. The van der Waals surface area contributed by atoms with Crippen LogP contribution < -0.4 is 15.4 Å². The van der Waals surface area contributed by atoms with E-state index >= 15 is 0 Å². The van der Waals surface area contributed by atoms with Gasteiger partial charge in [0.1, 0.15) is 5.75 Å². The number of benzene rings is 2. The second kappa shape index (κ2) is 10.9. The number of rotatable bonds is 6. The van der Waals surface area contributed by atoms with Gasteiger partial charge >= 0.3 is 0 Å². The van der Waals surface area contributed by atoms with E-state index in [1.54, 1.807) is 7.05 Å². The van der Waals surface area contributed by atoms with Gasteiger partial charge in [0.05, 0.1) is 12.6 Å². The van der Waals surface area contributed by atoms with E-state index in [9.17, 15) is 0 Å². The molecule has 130 valence electrons. The lowest BCUT2D eigenvalue weighted by atomic mass is 10.1. The second-order valence-corrected chi connectivity index (χ2v) is 5.28. The minimum atomic E-state index is 0. The molecule has 4 nitrogen and oxygen atoms in total. The number of nitrogens with one attached hydrogen (secondary N) is 2. The fraction of sp³-hybridized carbons (Fsp3) is 0.316. The third-order valence-corrected chi connectivity index (χ3v) is 3.55. The molecule has 2 aromatic rings. The molecule has 0 bridgehead atoms. The van der Waals surface area contributed by atoms with E-state index in [2.05, 4.69) is 40.7 Å². The van der Waals surface area contributed by atoms with Crippen LogP contribution >= 0.6 is 24.0 Å². The minimum absolute atomic E-state index is 0. The highest BCUT2D eigenvalue weighted by molar-refractivity contribution is 14.0. The zero-order valence-electron chi connectivity index (χ0n) is 14.5. The van der Waals surface area contributed by atoms with E-state index in [0.29, 0.717) is 13.2 Å². The van der Waals surface area contributed by atoms with Crippen molar-refractivity contribution in [1.82, 2.24) is 10.6 Å². The molecule has 0 radical (unpaired) electrons. The SMILES string of the molecule is CCOc1cccc(CNC(=NC)NC(C)c2ccccc2)c1.I. The molecule has 2 N–H and O–H groups in total. The molecule has 0 saturated heterocycles. The van der Waals surface area contributed by atoms with Crippen molar-refractivity contribution < 1.29 is 4.74 Å². The van der Waals surface area contributed by atoms with Crippen molar-refractivity contribution in [2.75, 3.05) is 13.7 Å². The smallest absolute Gasteiger partial charge is 0.191 e. The van der Waals surface area contributed by atoms with Crippen LogP contribution in [0.1, 0.15) is 31.0 Å². The maximum Gasteiger partial charge on any atom is 0.191 e. The number of ether oxygens (including phenoxy) is 1. The molecule has 0 aliphatic rings. The van der Waals surface area contributed by atoms with Gasteiger partial charge in [-0.25, -0.2) is 0 Å². The summed E-state index contributed by atoms with van der Waals surface area (Å²) in [5.41, 5.74) is 2.39. The lowest BCUT2D eigenvalue weighted by molar-refractivity contribution is 0.340. The minimum Gasteiger partial charge on any atom is -0.494 e. The van der Waals surface area contributed by atoms with E-state index in [-0.39, 0.29) is 30.0 Å². The molecule has 2 rings (SSSR count). The fourth-order valence-electron chi connectivity index (χ4n) is 2.32. The van der Waals surface area contributed by atoms with Crippen LogP contribution in [0.5, 0.6) is 5.75 Å². The maximum absolute atomic E-state index is 5.53. The number of hydrogen-bond acceptors (Lipinski definition) is 2. The molecule has 1 atom stereocenters. The summed E-state index contributed by atoms with van der Waals surface area (Å²) in [5, 5.41) is 6.74. The van der Waals surface area contributed by atoms with Gasteiger partial charge in [-0.15, -0.1) is 24.0 Å². The summed E-state index contributed by atoms with van der Waals surface area (Å²) in [5.74, 6) is 1.68. The molecule has 0 amide bonds. The summed E-state index contributed by atoms with van der Waals surface area (Å²) in [7, 11) is 1.78. The Bertz CT molecular complexity index is 632. The Morgan fingerprint density at radius 2 is 1.88 bits per heavy atom. The van der Waals surface area contributed by atoms with Gasteiger partial charge in [-0.2, -0.15) is 0 Å². The summed E-state index contributed by atoms with van der Waals surface area (Å²) < 4.78 is 5.53. The summed E-state index contributed by atoms with van der Waals surface area (Å²) in [6.07, 6.45) is 0. The van der Waals surface area contributed by atoms with Crippen LogP contribution in [-0.4, -0.2) is 19.6 Å². The summed E-state index contributed by atoms with van der Waals surface area (Å²) >= 11 is 0. The molecule has 0 aliphatic carbocycles. The van der Waals surface area contributed by atoms with Gasteiger partial charge in [-0.05, 0) is 37.1 Å². The number of aliphatic imine (C=N–C) groups is 1. The van der Waals surface area contributed by atoms with Crippen molar-refractivity contribution in [3.63, 3.8) is 0 Å². The number of nitrogens with zero attached hydrogens (tertiary/aromatic N) is 1. The van der Waals surface area contributed by atoms with Gasteiger partial charge in [-0.3, -0.25) is 4.99 Å². The summed E-state index contributed by atoms with van der Waals surface area (Å²) in [6, 6.07) is 18.6. The van der Waals surface area contributed by atoms with Gasteiger partial charge in [0.15, 0.2) is 5.96 Å². The first-order valence-corrected chi connectivity index (χ1v) is 7.96. The van der Waals surface area contributed by atoms with Crippen molar-refractivity contribution in [1.29, 1.82) is 0 Å². The average Bonchev–Trinajstić information content (AvgIpc) is 2.60. The van der Waals surface area contributed by atoms with Crippen LogP contribution in [0.4, 0.5) is 0 Å². The molecule has 0 fully saturated rings. The third kappa shape index (κ3) is 6.39. The van der Waals surface area contributed by atoms with Gasteiger partial charge in [0.2, 0.25) is 0 Å². The molecule has 5 heteroatoms. The van der Waals surface area contributed by atoms with E-state index < -0.39 is 0 Å². The molecule has 0 saturated carbocycles. The van der Waals surface area contributed by atoms with E-state index in [4.69, 9.17) is 4.74 Å². The Hall–Kier alpha value is -1.76. The highest BCUT2D eigenvalue weighted by Crippen LogP contribution is 2.13. The molecule has 0 aromatic heterocycles. The second-order valence-electron chi connectivity index (χ2n) is 5.28. The van der Waals surface area contributed by atoms with Crippen molar-refractivity contribution in [2.24, 2.45) is 4.99 Å². The molecule has 1 unspecified atom stereocenters. The van der Waals surface area contributed by atoms with E-state index in [0.717, 1.165) is 17.3 Å². The topological polar surface area (TPSA) is 45.6 Å². The van der Waals surface area contributed by atoms with Gasteiger partial charge in [0.25, 0.3) is 0 Å². The molecule has 0 aliphatic heterocycles. The Labute approximate surface area is 161 Å². The lowest BCUT2D eigenvalue weighted by Gasteiger charge is -2.18. The van der Waals surface area contributed by atoms with Crippen molar-refractivity contribution in [3.8, 4) is 5.75 Å². The molecule has 2 aromatic carbocycles. The average molecular weight is 439 g/mol. The standard InChI is InChI=1S/C19H25N3O.HI/c1-4-23-18-12-8-9-16(13-18)14-21-19(20-3)22-15(2)17-10-6-5-7-11-17;/h5-13,15H,4,14H2,1-3H3,(H2,20,21,22);1H. The zero-order valence-corrected chi connectivity index (χ0v) is 16.8. The first kappa shape index (κ1) is 20.3. The molecular formula is C19H26IN3O. The molecular weight excluding hydrogens is 413 g/mol. The quantitative estimate of drug-likeness (QED) is 0.404. The monoisotopic (exact) mass is 439 g/mol. The Balaban J connectivity index is 0.00000288. The van der Waals surface area contributed by atoms with Crippen LogP contribution in [0.25, 0.3) is 0 Å². The zero-order chi connectivity index (χ0) is 16.5. The van der Waals surface area contributed by atoms with Crippen LogP contribution in [0.2, 0.25) is 0 Å². The number of hydrogen-bond donors (Lipinski definition) is 2. The highest BCUT2D eigenvalue weighted by Gasteiger charge is 2.07. The van der Waals surface area contributed by atoms with Crippen molar-refractivity contribution in [2.45, 2.75) is 26.4 Å². The highest BCUT2D eigenvalue weighted by atomic mass is 127. The summed E-state index contributed by atoms with van der Waals surface area (Å²) in [4.78, 5) is 4.29. The van der Waals surface area contributed by atoms with Crippen molar-refractivity contribution in [3.05, 3.63) is 65.7 Å². The predicted octanol–water partition coefficient (Wildman–Crippen LogP) is 4.13. The predicted molar refractivity (Wildman–Crippen MR) is 111 cm³/mol. The first-order chi connectivity index (χ1) is 11.2. The molecule has 0 spiro atoms. The Morgan fingerprint density at radius 1 is 1.12 bits per heavy atom. The molecule has 0 heterocycles. The van der Waals surface area contributed by atoms with Crippen molar-refractivity contribution >= 4 is 29.9 Å². The molecule has 24 heavy (non-hydrogen) atoms. The first-order valence-electron chi connectivity index (χ1n) is 7.96. The third-order valence-electron chi connectivity index (χ3n) is 3.55. The Kier molecular flexibility index (Phi) is 9.22. The van der Waals surface area contributed by atoms with E-state index in [1.165, 1.54) is 5.56 Å². The van der Waals surface area contributed by atoms with Gasteiger partial charge < -0.3 is 15.4 Å². The van der Waals surface area contributed by atoms with Crippen LogP contribution in [0.15, 0.2) is 59.6 Å². The van der Waals surface area contributed by atoms with Crippen LogP contribution in [0, 0.1) is 0 Å². The van der Waals surface area contributed by atoms with E-state index in [1.807, 2.05) is 43.3 Å². The number of halogens is 1. The number of guanidine groups is 1. The van der Waals surface area contributed by atoms with Crippen LogP contribution in [-0.2, 0) is 6.54 Å².